The van der Waals surface area contributed by atoms with Gasteiger partial charge < -0.3 is 10.5 Å². The normalized spacial score (nSPS) is 10.7. The van der Waals surface area contributed by atoms with Crippen LogP contribution in [-0.2, 0) is 6.61 Å². The van der Waals surface area contributed by atoms with Crippen molar-refractivity contribution in [3.8, 4) is 5.75 Å². The third kappa shape index (κ3) is 2.41. The molecule has 2 aromatic heterocycles. The third-order valence-electron chi connectivity index (χ3n) is 2.51. The molecule has 7 heteroatoms. The number of nitrogens with zero attached hydrogens (tertiary/aromatic N) is 3. The van der Waals surface area contributed by atoms with E-state index in [4.69, 9.17) is 10.5 Å². The number of nitrogens with two attached hydrogens (primary N) is 1. The second kappa shape index (κ2) is 4.69. The predicted octanol–water partition coefficient (Wildman–Crippen LogP) is 1.31. The van der Waals surface area contributed by atoms with Crippen LogP contribution in [0.5, 0.6) is 5.75 Å². The molecule has 0 bridgehead atoms. The van der Waals surface area contributed by atoms with Crippen LogP contribution in [-0.4, -0.2) is 14.6 Å². The molecule has 0 aliphatic heterocycles. The minimum Gasteiger partial charge on any atom is -0.487 e. The zero-order chi connectivity index (χ0) is 13.2. The number of fused-ring (bicyclic) bond motifs is 1. The zero-order valence-electron chi connectivity index (χ0n) is 9.81. The summed E-state index contributed by atoms with van der Waals surface area (Å²) in [5, 5.41) is 3.89. The molecule has 0 aliphatic carbocycles. The van der Waals surface area contributed by atoms with Crippen molar-refractivity contribution < 1.29 is 4.74 Å². The summed E-state index contributed by atoms with van der Waals surface area (Å²) in [5.74, 6) is 0.681. The summed E-state index contributed by atoms with van der Waals surface area (Å²) in [6, 6.07) is 8.47. The minimum atomic E-state index is -0.206. The minimum absolute atomic E-state index is 0.206. The van der Waals surface area contributed by atoms with Crippen LogP contribution in [0.1, 0.15) is 5.69 Å². The van der Waals surface area contributed by atoms with Crippen molar-refractivity contribution in [3.05, 3.63) is 51.9 Å². The van der Waals surface area contributed by atoms with E-state index in [2.05, 4.69) is 10.1 Å². The number of anilines is 1. The fourth-order valence-electron chi connectivity index (χ4n) is 1.60. The van der Waals surface area contributed by atoms with Gasteiger partial charge in [0.15, 0.2) is 0 Å². The summed E-state index contributed by atoms with van der Waals surface area (Å²) in [7, 11) is 0. The molecule has 0 unspecified atom stereocenters. The van der Waals surface area contributed by atoms with Crippen molar-refractivity contribution in [2.75, 3.05) is 5.73 Å². The molecule has 0 saturated carbocycles. The van der Waals surface area contributed by atoms with Crippen LogP contribution < -0.4 is 16.0 Å². The fourth-order valence-corrected chi connectivity index (χ4v) is 2.24. The second-order valence-electron chi connectivity index (χ2n) is 3.88. The Kier molecular flexibility index (Phi) is 2.88. The molecule has 0 aliphatic rings. The smallest absolute Gasteiger partial charge is 0.275 e. The average molecular weight is 274 g/mol. The van der Waals surface area contributed by atoms with Crippen LogP contribution in [0.2, 0.25) is 0 Å². The van der Waals surface area contributed by atoms with E-state index in [9.17, 15) is 4.79 Å². The van der Waals surface area contributed by atoms with Crippen LogP contribution in [0.3, 0.4) is 0 Å². The molecule has 2 heterocycles. The lowest BCUT2D eigenvalue weighted by molar-refractivity contribution is 0.301. The molecule has 1 aromatic carbocycles. The number of nitrogen functional groups attached to an aromatic ring is 1. The summed E-state index contributed by atoms with van der Waals surface area (Å²) in [6.07, 6.45) is 0. The molecule has 0 saturated heterocycles. The topological polar surface area (TPSA) is 82.5 Å². The fraction of sp³-hybridized carbons (Fsp3) is 0.0833. The van der Waals surface area contributed by atoms with Gasteiger partial charge in [0, 0.05) is 11.8 Å². The first kappa shape index (κ1) is 11.7. The number of ether oxygens (including phenoxy) is 1. The number of rotatable bonds is 3. The van der Waals surface area contributed by atoms with Crippen LogP contribution >= 0.6 is 11.3 Å². The summed E-state index contributed by atoms with van der Waals surface area (Å²) >= 11 is 1.31. The molecule has 2 N–H and O–H groups in total. The highest BCUT2D eigenvalue weighted by Crippen LogP contribution is 2.14. The van der Waals surface area contributed by atoms with Crippen molar-refractivity contribution in [2.24, 2.45) is 0 Å². The van der Waals surface area contributed by atoms with Crippen molar-refractivity contribution in [1.82, 2.24) is 14.6 Å². The van der Waals surface area contributed by atoms with Crippen molar-refractivity contribution >= 4 is 22.0 Å². The van der Waals surface area contributed by atoms with Gasteiger partial charge in [-0.3, -0.25) is 4.79 Å². The Bertz CT molecular complexity index is 763. The number of hydrogen-bond donors (Lipinski definition) is 1. The highest BCUT2D eigenvalue weighted by Gasteiger charge is 2.05. The van der Waals surface area contributed by atoms with E-state index in [-0.39, 0.29) is 12.2 Å². The van der Waals surface area contributed by atoms with E-state index in [1.165, 1.54) is 21.9 Å². The first-order valence-corrected chi connectivity index (χ1v) is 6.41. The lowest BCUT2D eigenvalue weighted by Gasteiger charge is -2.05. The van der Waals surface area contributed by atoms with Gasteiger partial charge in [0.2, 0.25) is 4.96 Å². The highest BCUT2D eigenvalue weighted by molar-refractivity contribution is 7.14. The van der Waals surface area contributed by atoms with E-state index >= 15 is 0 Å². The van der Waals surface area contributed by atoms with Gasteiger partial charge in [-0.05, 0) is 24.3 Å². The lowest BCUT2D eigenvalue weighted by Crippen LogP contribution is -2.16. The van der Waals surface area contributed by atoms with Crippen LogP contribution in [0.4, 0.5) is 5.69 Å². The predicted molar refractivity (Wildman–Crippen MR) is 72.3 cm³/mol. The standard InChI is InChI=1S/C12H10N4O2S/c13-8-1-3-10(4-2-8)18-6-9-5-11(17)16-12(15-9)19-7-14-16/h1-5,7H,6,13H2. The van der Waals surface area contributed by atoms with Gasteiger partial charge in [-0.2, -0.15) is 9.61 Å². The molecular weight excluding hydrogens is 264 g/mol. The first-order valence-electron chi connectivity index (χ1n) is 5.53. The molecule has 0 amide bonds. The van der Waals surface area contributed by atoms with Gasteiger partial charge >= 0.3 is 0 Å². The molecule has 0 fully saturated rings. The second-order valence-corrected chi connectivity index (χ2v) is 4.69. The van der Waals surface area contributed by atoms with Gasteiger partial charge in [-0.15, -0.1) is 0 Å². The summed E-state index contributed by atoms with van der Waals surface area (Å²) in [6.45, 7) is 0.230. The van der Waals surface area contributed by atoms with Crippen molar-refractivity contribution in [3.63, 3.8) is 0 Å². The molecule has 19 heavy (non-hydrogen) atoms. The monoisotopic (exact) mass is 274 g/mol. The van der Waals surface area contributed by atoms with Crippen molar-refractivity contribution in [2.45, 2.75) is 6.61 Å². The summed E-state index contributed by atoms with van der Waals surface area (Å²) in [4.78, 5) is 16.6. The quantitative estimate of drug-likeness (QED) is 0.728. The highest BCUT2D eigenvalue weighted by atomic mass is 32.1. The van der Waals surface area contributed by atoms with Crippen LogP contribution in [0.25, 0.3) is 4.96 Å². The number of aromatic nitrogens is 3. The molecule has 6 nitrogen and oxygen atoms in total. The zero-order valence-corrected chi connectivity index (χ0v) is 10.6. The van der Waals surface area contributed by atoms with Crippen molar-refractivity contribution in [1.29, 1.82) is 0 Å². The molecule has 3 aromatic rings. The maximum Gasteiger partial charge on any atom is 0.275 e. The summed E-state index contributed by atoms with van der Waals surface area (Å²) < 4.78 is 6.81. The summed E-state index contributed by atoms with van der Waals surface area (Å²) in [5.41, 5.74) is 8.21. The van der Waals surface area contributed by atoms with Gasteiger partial charge in [0.1, 0.15) is 17.9 Å². The Labute approximate surface area is 112 Å². The largest absolute Gasteiger partial charge is 0.487 e. The van der Waals surface area contributed by atoms with E-state index < -0.39 is 0 Å². The molecule has 0 radical (unpaired) electrons. The van der Waals surface area contributed by atoms with E-state index in [0.717, 1.165) is 0 Å². The lowest BCUT2D eigenvalue weighted by atomic mass is 10.3. The maximum atomic E-state index is 11.7. The SMILES string of the molecule is Nc1ccc(OCc2cc(=O)n3ncsc3n2)cc1. The van der Waals surface area contributed by atoms with Gasteiger partial charge in [-0.25, -0.2) is 4.98 Å². The molecule has 96 valence electrons. The maximum absolute atomic E-state index is 11.7. The van der Waals surface area contributed by atoms with Crippen LogP contribution in [0.15, 0.2) is 40.6 Å². The molecule has 0 atom stereocenters. The molecular formula is C12H10N4O2S. The number of hydrogen-bond acceptors (Lipinski definition) is 6. The van der Waals surface area contributed by atoms with Gasteiger partial charge in [0.25, 0.3) is 5.56 Å². The Morgan fingerprint density at radius 3 is 2.89 bits per heavy atom. The Morgan fingerprint density at radius 2 is 2.11 bits per heavy atom. The third-order valence-corrected chi connectivity index (χ3v) is 3.18. The van der Waals surface area contributed by atoms with Gasteiger partial charge in [-0.1, -0.05) is 11.3 Å². The van der Waals surface area contributed by atoms with E-state index in [0.29, 0.717) is 22.1 Å². The number of benzene rings is 1. The average Bonchev–Trinajstić information content (AvgIpc) is 2.87. The van der Waals surface area contributed by atoms with Crippen LogP contribution in [0, 0.1) is 0 Å². The van der Waals surface area contributed by atoms with E-state index in [1.54, 1.807) is 29.8 Å². The first-order chi connectivity index (χ1) is 9.22. The molecule has 0 spiro atoms. The van der Waals surface area contributed by atoms with Gasteiger partial charge in [0.05, 0.1) is 5.69 Å². The Hall–Kier alpha value is -2.41. The Balaban J connectivity index is 1.81. The Morgan fingerprint density at radius 1 is 1.32 bits per heavy atom. The van der Waals surface area contributed by atoms with E-state index in [1.807, 2.05) is 0 Å². The molecule has 3 rings (SSSR count).